The molecule has 1 aromatic heterocycles. The molecule has 124 valence electrons. The van der Waals surface area contributed by atoms with Crippen molar-refractivity contribution in [1.82, 2.24) is 20.2 Å². The molecule has 1 atom stereocenters. The molecule has 24 heavy (non-hydrogen) atoms. The van der Waals surface area contributed by atoms with Crippen LogP contribution in [-0.4, -0.2) is 27.3 Å². The third-order valence-electron chi connectivity index (χ3n) is 3.55. The maximum absolute atomic E-state index is 5.83. The van der Waals surface area contributed by atoms with Gasteiger partial charge in [0.1, 0.15) is 17.2 Å². The van der Waals surface area contributed by atoms with Crippen LogP contribution in [0.3, 0.4) is 0 Å². The summed E-state index contributed by atoms with van der Waals surface area (Å²) in [4.78, 5) is 0. The van der Waals surface area contributed by atoms with Crippen LogP contribution >= 0.6 is 0 Å². The van der Waals surface area contributed by atoms with Gasteiger partial charge in [-0.25, -0.2) is 4.68 Å². The highest BCUT2D eigenvalue weighted by atomic mass is 16.5. The molecule has 3 rings (SSSR count). The molecule has 1 heterocycles. The molecule has 0 amide bonds. The minimum absolute atomic E-state index is 0.00449. The summed E-state index contributed by atoms with van der Waals surface area (Å²) >= 11 is 0. The van der Waals surface area contributed by atoms with Crippen LogP contribution in [-0.2, 0) is 7.05 Å². The Hall–Kier alpha value is -3.09. The Labute approximate surface area is 140 Å². The van der Waals surface area contributed by atoms with E-state index in [1.807, 2.05) is 62.5 Å². The van der Waals surface area contributed by atoms with Gasteiger partial charge in [-0.3, -0.25) is 0 Å². The maximum atomic E-state index is 5.83. The number of aryl methyl sites for hydroxylation is 1. The normalized spacial score (nSPS) is 11.8. The molecule has 0 fully saturated rings. The number of tetrazole rings is 1. The van der Waals surface area contributed by atoms with E-state index >= 15 is 0 Å². The Balaban J connectivity index is 1.66. The Morgan fingerprint density at radius 3 is 2.46 bits per heavy atom. The van der Waals surface area contributed by atoms with Gasteiger partial charge in [0.25, 0.3) is 0 Å². The van der Waals surface area contributed by atoms with Crippen LogP contribution in [0.5, 0.6) is 17.2 Å². The maximum Gasteiger partial charge on any atom is 0.173 e. The van der Waals surface area contributed by atoms with Crippen LogP contribution in [0.25, 0.3) is 0 Å². The summed E-state index contributed by atoms with van der Waals surface area (Å²) in [6, 6.07) is 15.2. The lowest BCUT2D eigenvalue weighted by atomic mass is 10.2. The summed E-state index contributed by atoms with van der Waals surface area (Å²) in [5, 5.41) is 14.9. The van der Waals surface area contributed by atoms with Crippen molar-refractivity contribution in [3.63, 3.8) is 0 Å². The molecule has 0 aliphatic carbocycles. The van der Waals surface area contributed by atoms with Crippen molar-refractivity contribution in [3.8, 4) is 17.2 Å². The van der Waals surface area contributed by atoms with E-state index in [2.05, 4.69) is 20.8 Å². The lowest BCUT2D eigenvalue weighted by Gasteiger charge is -2.14. The van der Waals surface area contributed by atoms with E-state index in [1.54, 1.807) is 11.8 Å². The van der Waals surface area contributed by atoms with Gasteiger partial charge >= 0.3 is 0 Å². The van der Waals surface area contributed by atoms with Gasteiger partial charge in [0, 0.05) is 18.8 Å². The number of nitrogens with zero attached hydrogens (tertiary/aromatic N) is 4. The molecule has 0 aliphatic rings. The first-order valence-corrected chi connectivity index (χ1v) is 7.56. The van der Waals surface area contributed by atoms with Gasteiger partial charge in [0.15, 0.2) is 5.82 Å². The Kier molecular flexibility index (Phi) is 4.60. The van der Waals surface area contributed by atoms with Crippen LogP contribution in [0, 0.1) is 0 Å². The third kappa shape index (κ3) is 3.62. The molecule has 7 nitrogen and oxygen atoms in total. The van der Waals surface area contributed by atoms with Gasteiger partial charge in [-0.05, 0) is 53.7 Å². The van der Waals surface area contributed by atoms with E-state index < -0.39 is 0 Å². The Morgan fingerprint density at radius 2 is 1.79 bits per heavy atom. The predicted octanol–water partition coefficient (Wildman–Crippen LogP) is 3.18. The highest BCUT2D eigenvalue weighted by Crippen LogP contribution is 2.26. The molecule has 1 N–H and O–H groups in total. The summed E-state index contributed by atoms with van der Waals surface area (Å²) < 4.78 is 12.7. The highest BCUT2D eigenvalue weighted by molar-refractivity contribution is 5.48. The first-order valence-electron chi connectivity index (χ1n) is 7.56. The standard InChI is InChI=1S/C17H19N5O2/c1-12(17-19-20-21-22(17)2)18-13-7-9-14(10-8-13)24-16-6-4-5-15(11-16)23-3/h4-12,18H,1-3H3. The number of anilines is 1. The van der Waals surface area contributed by atoms with Gasteiger partial charge in [-0.2, -0.15) is 0 Å². The quantitative estimate of drug-likeness (QED) is 0.750. The molecule has 0 radical (unpaired) electrons. The Bertz CT molecular complexity index is 801. The fourth-order valence-electron chi connectivity index (χ4n) is 2.34. The second-order valence-corrected chi connectivity index (χ2v) is 5.33. The number of hydrogen-bond donors (Lipinski definition) is 1. The van der Waals surface area contributed by atoms with Crippen LogP contribution in [0.1, 0.15) is 18.8 Å². The van der Waals surface area contributed by atoms with Crippen molar-refractivity contribution in [2.75, 3.05) is 12.4 Å². The van der Waals surface area contributed by atoms with Gasteiger partial charge in [0.05, 0.1) is 13.2 Å². The van der Waals surface area contributed by atoms with Crippen LogP contribution < -0.4 is 14.8 Å². The van der Waals surface area contributed by atoms with E-state index in [0.717, 1.165) is 28.8 Å². The number of nitrogens with one attached hydrogen (secondary N) is 1. The van der Waals surface area contributed by atoms with Crippen molar-refractivity contribution in [1.29, 1.82) is 0 Å². The molecular weight excluding hydrogens is 306 g/mol. The molecule has 7 heteroatoms. The van der Waals surface area contributed by atoms with E-state index in [9.17, 15) is 0 Å². The first kappa shape index (κ1) is 15.8. The van der Waals surface area contributed by atoms with Crippen LogP contribution in [0.2, 0.25) is 0 Å². The van der Waals surface area contributed by atoms with Crippen molar-refractivity contribution in [2.45, 2.75) is 13.0 Å². The fourth-order valence-corrected chi connectivity index (χ4v) is 2.34. The highest BCUT2D eigenvalue weighted by Gasteiger charge is 2.12. The summed E-state index contributed by atoms with van der Waals surface area (Å²) in [5.74, 6) is 3.01. The van der Waals surface area contributed by atoms with Gasteiger partial charge in [-0.15, -0.1) is 5.10 Å². The van der Waals surface area contributed by atoms with E-state index in [0.29, 0.717) is 0 Å². The van der Waals surface area contributed by atoms with Crippen molar-refractivity contribution >= 4 is 5.69 Å². The molecular formula is C17H19N5O2. The van der Waals surface area contributed by atoms with Crippen molar-refractivity contribution in [2.24, 2.45) is 7.05 Å². The number of benzene rings is 2. The molecule has 0 aliphatic heterocycles. The number of ether oxygens (including phenoxy) is 2. The summed E-state index contributed by atoms with van der Waals surface area (Å²) in [5.41, 5.74) is 0.962. The topological polar surface area (TPSA) is 74.1 Å². The zero-order valence-electron chi connectivity index (χ0n) is 13.8. The number of aromatic nitrogens is 4. The van der Waals surface area contributed by atoms with Crippen molar-refractivity contribution in [3.05, 3.63) is 54.4 Å². The van der Waals surface area contributed by atoms with Gasteiger partial charge in [-0.1, -0.05) is 6.07 Å². The number of methoxy groups -OCH3 is 1. The fraction of sp³-hybridized carbons (Fsp3) is 0.235. The second-order valence-electron chi connectivity index (χ2n) is 5.33. The molecule has 3 aromatic rings. The van der Waals surface area contributed by atoms with Crippen molar-refractivity contribution < 1.29 is 9.47 Å². The zero-order chi connectivity index (χ0) is 16.9. The molecule has 2 aromatic carbocycles. The average molecular weight is 325 g/mol. The lowest BCUT2D eigenvalue weighted by Crippen LogP contribution is -2.12. The number of hydrogen-bond acceptors (Lipinski definition) is 6. The smallest absolute Gasteiger partial charge is 0.173 e. The van der Waals surface area contributed by atoms with E-state index in [1.165, 1.54) is 0 Å². The summed E-state index contributed by atoms with van der Waals surface area (Å²) in [6.07, 6.45) is 0. The first-order chi connectivity index (χ1) is 11.7. The largest absolute Gasteiger partial charge is 0.497 e. The molecule has 1 unspecified atom stereocenters. The Morgan fingerprint density at radius 1 is 1.04 bits per heavy atom. The van der Waals surface area contributed by atoms with Crippen LogP contribution in [0.4, 0.5) is 5.69 Å². The monoisotopic (exact) mass is 325 g/mol. The van der Waals surface area contributed by atoms with Gasteiger partial charge in [0.2, 0.25) is 0 Å². The molecule has 0 bridgehead atoms. The van der Waals surface area contributed by atoms with E-state index in [-0.39, 0.29) is 6.04 Å². The second kappa shape index (κ2) is 6.99. The molecule has 0 spiro atoms. The minimum Gasteiger partial charge on any atom is -0.497 e. The summed E-state index contributed by atoms with van der Waals surface area (Å²) in [7, 11) is 3.45. The number of rotatable bonds is 6. The molecule has 0 saturated heterocycles. The average Bonchev–Trinajstić information content (AvgIpc) is 3.03. The zero-order valence-corrected chi connectivity index (χ0v) is 13.8. The lowest BCUT2D eigenvalue weighted by molar-refractivity contribution is 0.409. The van der Waals surface area contributed by atoms with Crippen LogP contribution in [0.15, 0.2) is 48.5 Å². The minimum atomic E-state index is -0.00449. The van der Waals surface area contributed by atoms with Gasteiger partial charge < -0.3 is 14.8 Å². The third-order valence-corrected chi connectivity index (χ3v) is 3.55. The summed E-state index contributed by atoms with van der Waals surface area (Å²) in [6.45, 7) is 2.01. The predicted molar refractivity (Wildman–Crippen MR) is 90.3 cm³/mol. The SMILES string of the molecule is COc1cccc(Oc2ccc(NC(C)c3nnnn3C)cc2)c1. The van der Waals surface area contributed by atoms with E-state index in [4.69, 9.17) is 9.47 Å². The molecule has 0 saturated carbocycles.